The molecule has 7 nitrogen and oxygen atoms in total. The Morgan fingerprint density at radius 2 is 2.00 bits per heavy atom. The van der Waals surface area contributed by atoms with Crippen molar-refractivity contribution in [3.05, 3.63) is 30.1 Å². The van der Waals surface area contributed by atoms with Gasteiger partial charge >= 0.3 is 5.97 Å². The van der Waals surface area contributed by atoms with Gasteiger partial charge in [-0.15, -0.1) is 0 Å². The van der Waals surface area contributed by atoms with Gasteiger partial charge in [0.1, 0.15) is 11.6 Å². The number of aryl methyl sites for hydroxylation is 1. The lowest BCUT2D eigenvalue weighted by Gasteiger charge is -2.40. The number of rotatable bonds is 9. The predicted molar refractivity (Wildman–Crippen MR) is 112 cm³/mol. The van der Waals surface area contributed by atoms with E-state index in [0.29, 0.717) is 32.4 Å². The number of unbranched alkanes of at least 4 members (excludes halogenated alkanes) is 1. The van der Waals surface area contributed by atoms with Gasteiger partial charge in [-0.2, -0.15) is 0 Å². The molecule has 0 spiro atoms. The second-order valence-corrected chi connectivity index (χ2v) is 8.57. The van der Waals surface area contributed by atoms with Crippen LogP contribution >= 0.6 is 0 Å². The van der Waals surface area contributed by atoms with E-state index in [0.717, 1.165) is 56.9 Å². The molecular formula is C23H34N2O5. The summed E-state index contributed by atoms with van der Waals surface area (Å²) in [6.45, 7) is 0.765. The molecule has 3 rings (SSSR count). The Bertz CT molecular complexity index is 690. The van der Waals surface area contributed by atoms with E-state index >= 15 is 0 Å². The standard InChI is InChI=1S/C23H34N2O5/c26-20(23(29)12-4-1-5-13-23)21(27)25-15-6-2-11-19(25)22(28)30-16-7-3-9-18-10-8-14-24-17-18/h8,10,14,17,19,21,27,29H,1-7,9,11-13,15-16H2. The number of pyridine rings is 1. The number of carbonyl (C=O) groups excluding carboxylic acids is 2. The summed E-state index contributed by atoms with van der Waals surface area (Å²) in [5.41, 5.74) is -0.319. The van der Waals surface area contributed by atoms with E-state index in [1.54, 1.807) is 6.20 Å². The smallest absolute Gasteiger partial charge is 0.323 e. The lowest BCUT2D eigenvalue weighted by molar-refractivity contribution is -0.171. The highest BCUT2D eigenvalue weighted by molar-refractivity contribution is 5.91. The fourth-order valence-electron chi connectivity index (χ4n) is 4.52. The molecule has 0 bridgehead atoms. The zero-order chi connectivity index (χ0) is 21.4. The Morgan fingerprint density at radius 3 is 2.73 bits per heavy atom. The summed E-state index contributed by atoms with van der Waals surface area (Å²) in [5, 5.41) is 21.4. The van der Waals surface area contributed by atoms with Gasteiger partial charge in [0, 0.05) is 18.9 Å². The number of aliphatic hydroxyl groups excluding tert-OH is 1. The van der Waals surface area contributed by atoms with Gasteiger partial charge < -0.3 is 14.9 Å². The summed E-state index contributed by atoms with van der Waals surface area (Å²) >= 11 is 0. The average molecular weight is 419 g/mol. The van der Waals surface area contributed by atoms with Crippen LogP contribution in [0.4, 0.5) is 0 Å². The van der Waals surface area contributed by atoms with Gasteiger partial charge in [-0.3, -0.25) is 19.5 Å². The van der Waals surface area contributed by atoms with Crippen molar-refractivity contribution in [2.75, 3.05) is 13.2 Å². The molecule has 2 N–H and O–H groups in total. The van der Waals surface area contributed by atoms with Crippen LogP contribution in [0.3, 0.4) is 0 Å². The normalized spacial score (nSPS) is 22.9. The summed E-state index contributed by atoms with van der Waals surface area (Å²) < 4.78 is 5.47. The number of ether oxygens (including phenoxy) is 1. The zero-order valence-corrected chi connectivity index (χ0v) is 17.7. The lowest BCUT2D eigenvalue weighted by Crippen LogP contribution is -2.58. The largest absolute Gasteiger partial charge is 0.465 e. The topological polar surface area (TPSA) is 100.0 Å². The van der Waals surface area contributed by atoms with E-state index in [4.69, 9.17) is 4.74 Å². The van der Waals surface area contributed by atoms with E-state index in [9.17, 15) is 19.8 Å². The Morgan fingerprint density at radius 1 is 1.20 bits per heavy atom. The minimum Gasteiger partial charge on any atom is -0.465 e. The van der Waals surface area contributed by atoms with E-state index < -0.39 is 29.6 Å². The fourth-order valence-corrected chi connectivity index (χ4v) is 4.52. The van der Waals surface area contributed by atoms with Gasteiger partial charge in [-0.1, -0.05) is 31.7 Å². The van der Waals surface area contributed by atoms with Crippen LogP contribution in [-0.2, 0) is 20.7 Å². The highest BCUT2D eigenvalue weighted by atomic mass is 16.5. The van der Waals surface area contributed by atoms with Crippen molar-refractivity contribution in [1.82, 2.24) is 9.88 Å². The second-order valence-electron chi connectivity index (χ2n) is 8.57. The van der Waals surface area contributed by atoms with Gasteiger partial charge in [0.2, 0.25) is 5.78 Å². The summed E-state index contributed by atoms with van der Waals surface area (Å²) in [4.78, 5) is 31.1. The molecule has 0 aromatic carbocycles. The molecule has 2 unspecified atom stereocenters. The van der Waals surface area contributed by atoms with E-state index in [1.807, 2.05) is 18.3 Å². The monoisotopic (exact) mass is 418 g/mol. The minimum absolute atomic E-state index is 0.317. The molecule has 1 aromatic rings. The number of hydrogen-bond acceptors (Lipinski definition) is 7. The van der Waals surface area contributed by atoms with Crippen molar-refractivity contribution in [3.63, 3.8) is 0 Å². The number of ketones is 1. The van der Waals surface area contributed by atoms with Gasteiger partial charge in [0.05, 0.1) is 6.61 Å². The maximum absolute atomic E-state index is 12.8. The number of esters is 1. The molecular weight excluding hydrogens is 384 g/mol. The molecule has 0 radical (unpaired) electrons. The molecule has 1 saturated heterocycles. The third kappa shape index (κ3) is 5.86. The SMILES string of the molecule is O=C(OCCCCc1cccnc1)C1CCCCN1C(O)C(=O)C1(O)CCCCC1. The van der Waals surface area contributed by atoms with Crippen molar-refractivity contribution < 1.29 is 24.5 Å². The Labute approximate surface area is 178 Å². The molecule has 166 valence electrons. The van der Waals surface area contributed by atoms with Gasteiger partial charge in [0.25, 0.3) is 0 Å². The highest BCUT2D eigenvalue weighted by Crippen LogP contribution is 2.31. The van der Waals surface area contributed by atoms with Crippen LogP contribution in [0.1, 0.15) is 69.8 Å². The number of piperidine rings is 1. The summed E-state index contributed by atoms with van der Waals surface area (Å²) in [6.07, 6.45) is 10.1. The Balaban J connectivity index is 1.49. The number of Topliss-reactive ketones (excluding diaryl/α,β-unsaturated/α-hetero) is 1. The zero-order valence-electron chi connectivity index (χ0n) is 17.7. The average Bonchev–Trinajstić information content (AvgIpc) is 2.79. The maximum atomic E-state index is 12.8. The molecule has 0 amide bonds. The third-order valence-electron chi connectivity index (χ3n) is 6.33. The fraction of sp³-hybridized carbons (Fsp3) is 0.696. The van der Waals surface area contributed by atoms with Crippen molar-refractivity contribution in [2.45, 2.75) is 88.5 Å². The van der Waals surface area contributed by atoms with E-state index in [1.165, 1.54) is 4.90 Å². The van der Waals surface area contributed by atoms with Crippen LogP contribution in [0.25, 0.3) is 0 Å². The molecule has 1 saturated carbocycles. The quantitative estimate of drug-likeness (QED) is 0.469. The summed E-state index contributed by atoms with van der Waals surface area (Å²) in [5.74, 6) is -0.961. The lowest BCUT2D eigenvalue weighted by atomic mass is 9.80. The number of carbonyl (C=O) groups is 2. The molecule has 1 aliphatic carbocycles. The summed E-state index contributed by atoms with van der Waals surface area (Å²) in [7, 11) is 0. The first-order valence-corrected chi connectivity index (χ1v) is 11.3. The van der Waals surface area contributed by atoms with Crippen molar-refractivity contribution in [3.8, 4) is 0 Å². The highest BCUT2D eigenvalue weighted by Gasteiger charge is 2.45. The number of hydrogen-bond donors (Lipinski definition) is 2. The summed E-state index contributed by atoms with van der Waals surface area (Å²) in [6, 6.07) is 3.30. The van der Waals surface area contributed by atoms with Crippen molar-refractivity contribution in [2.24, 2.45) is 0 Å². The maximum Gasteiger partial charge on any atom is 0.323 e. The molecule has 7 heteroatoms. The van der Waals surface area contributed by atoms with Gasteiger partial charge in [-0.05, 0) is 56.6 Å². The Hall–Kier alpha value is -1.83. The second kappa shape index (κ2) is 11.0. The van der Waals surface area contributed by atoms with Crippen LogP contribution in [0, 0.1) is 0 Å². The Kier molecular flexibility index (Phi) is 8.36. The van der Waals surface area contributed by atoms with Crippen LogP contribution in [0.15, 0.2) is 24.5 Å². The van der Waals surface area contributed by atoms with Crippen LogP contribution in [0.5, 0.6) is 0 Å². The van der Waals surface area contributed by atoms with E-state index in [2.05, 4.69) is 4.98 Å². The molecule has 2 aliphatic rings. The molecule has 1 aromatic heterocycles. The minimum atomic E-state index is -1.48. The van der Waals surface area contributed by atoms with Crippen LogP contribution in [-0.4, -0.2) is 62.9 Å². The molecule has 2 heterocycles. The first-order chi connectivity index (χ1) is 14.5. The van der Waals surface area contributed by atoms with E-state index in [-0.39, 0.29) is 0 Å². The number of likely N-dealkylation sites (tertiary alicyclic amines) is 1. The first-order valence-electron chi connectivity index (χ1n) is 11.3. The van der Waals surface area contributed by atoms with Gasteiger partial charge in [0.15, 0.2) is 6.23 Å². The van der Waals surface area contributed by atoms with Crippen LogP contribution in [0.2, 0.25) is 0 Å². The van der Waals surface area contributed by atoms with Crippen molar-refractivity contribution in [1.29, 1.82) is 0 Å². The number of aliphatic hydroxyl groups is 2. The van der Waals surface area contributed by atoms with Crippen LogP contribution < -0.4 is 0 Å². The number of nitrogens with zero attached hydrogens (tertiary/aromatic N) is 2. The number of aromatic nitrogens is 1. The predicted octanol–water partition coefficient (Wildman–Crippen LogP) is 2.38. The van der Waals surface area contributed by atoms with Crippen molar-refractivity contribution >= 4 is 11.8 Å². The molecule has 2 fully saturated rings. The van der Waals surface area contributed by atoms with Gasteiger partial charge in [-0.25, -0.2) is 0 Å². The molecule has 30 heavy (non-hydrogen) atoms. The molecule has 2 atom stereocenters. The first kappa shape index (κ1) is 22.8. The molecule has 1 aliphatic heterocycles. The third-order valence-corrected chi connectivity index (χ3v) is 6.33.